The van der Waals surface area contributed by atoms with Gasteiger partial charge in [0.05, 0.1) is 0 Å². The van der Waals surface area contributed by atoms with Gasteiger partial charge in [-0.3, -0.25) is 4.79 Å². The summed E-state index contributed by atoms with van der Waals surface area (Å²) < 4.78 is 0. The van der Waals surface area contributed by atoms with E-state index in [-0.39, 0.29) is 11.3 Å². The van der Waals surface area contributed by atoms with Crippen LogP contribution in [0.25, 0.3) is 0 Å². The Morgan fingerprint density at radius 2 is 1.70 bits per heavy atom. The highest BCUT2D eigenvalue weighted by Crippen LogP contribution is 2.21. The van der Waals surface area contributed by atoms with Gasteiger partial charge in [-0.15, -0.1) is 0 Å². The lowest BCUT2D eigenvalue weighted by atomic mass is 9.88. The van der Waals surface area contributed by atoms with E-state index in [9.17, 15) is 4.79 Å². The highest BCUT2D eigenvalue weighted by atomic mass is 16.2. The van der Waals surface area contributed by atoms with E-state index in [1.165, 1.54) is 5.56 Å². The van der Waals surface area contributed by atoms with Crippen LogP contribution in [0.3, 0.4) is 0 Å². The SMILES string of the molecule is CC(C)CCN(C)C(=O)c1ccc(CC(C)(C)C)cc1. The fraction of sp³-hybridized carbons (Fsp3) is 0.611. The van der Waals surface area contributed by atoms with Gasteiger partial charge in [0.1, 0.15) is 0 Å². The van der Waals surface area contributed by atoms with E-state index in [0.717, 1.165) is 24.9 Å². The first kappa shape index (κ1) is 16.7. The molecule has 1 rings (SSSR count). The van der Waals surface area contributed by atoms with Crippen LogP contribution in [0.15, 0.2) is 24.3 Å². The summed E-state index contributed by atoms with van der Waals surface area (Å²) in [4.78, 5) is 14.1. The van der Waals surface area contributed by atoms with E-state index in [2.05, 4.69) is 46.8 Å². The molecule has 0 atom stereocenters. The van der Waals surface area contributed by atoms with Crippen molar-refractivity contribution in [3.63, 3.8) is 0 Å². The zero-order valence-corrected chi connectivity index (χ0v) is 13.9. The molecule has 0 saturated heterocycles. The number of carbonyl (C=O) groups is 1. The van der Waals surface area contributed by atoms with Gasteiger partial charge in [0.25, 0.3) is 5.91 Å². The Morgan fingerprint density at radius 1 is 1.15 bits per heavy atom. The predicted molar refractivity (Wildman–Crippen MR) is 86.0 cm³/mol. The summed E-state index contributed by atoms with van der Waals surface area (Å²) in [6, 6.07) is 8.06. The van der Waals surface area contributed by atoms with Crippen LogP contribution in [0.2, 0.25) is 0 Å². The molecule has 0 aliphatic carbocycles. The van der Waals surface area contributed by atoms with Gasteiger partial charge in [0, 0.05) is 19.2 Å². The van der Waals surface area contributed by atoms with Gasteiger partial charge in [0.15, 0.2) is 0 Å². The Bertz CT molecular complexity index is 426. The van der Waals surface area contributed by atoms with Crippen LogP contribution in [-0.2, 0) is 6.42 Å². The van der Waals surface area contributed by atoms with Gasteiger partial charge in [-0.25, -0.2) is 0 Å². The summed E-state index contributed by atoms with van der Waals surface area (Å²) in [6.45, 7) is 11.9. The van der Waals surface area contributed by atoms with E-state index >= 15 is 0 Å². The summed E-state index contributed by atoms with van der Waals surface area (Å²) in [6.07, 6.45) is 2.08. The van der Waals surface area contributed by atoms with Gasteiger partial charge in [0.2, 0.25) is 0 Å². The predicted octanol–water partition coefficient (Wildman–Crippen LogP) is 4.39. The van der Waals surface area contributed by atoms with Crippen LogP contribution < -0.4 is 0 Å². The van der Waals surface area contributed by atoms with Crippen molar-refractivity contribution < 1.29 is 4.79 Å². The molecule has 0 N–H and O–H groups in total. The van der Waals surface area contributed by atoms with Crippen molar-refractivity contribution >= 4 is 5.91 Å². The number of carbonyl (C=O) groups excluding carboxylic acids is 1. The minimum atomic E-state index is 0.118. The first-order valence-electron chi connectivity index (χ1n) is 7.53. The van der Waals surface area contributed by atoms with Gasteiger partial charge in [-0.05, 0) is 41.9 Å². The van der Waals surface area contributed by atoms with Crippen molar-refractivity contribution in [2.24, 2.45) is 11.3 Å². The van der Waals surface area contributed by atoms with Crippen molar-refractivity contribution in [3.8, 4) is 0 Å². The fourth-order valence-corrected chi connectivity index (χ4v) is 2.15. The van der Waals surface area contributed by atoms with Crippen LogP contribution in [-0.4, -0.2) is 24.4 Å². The average Bonchev–Trinajstić information content (AvgIpc) is 2.34. The third-order valence-electron chi connectivity index (χ3n) is 3.32. The maximum Gasteiger partial charge on any atom is 0.253 e. The molecule has 1 aromatic rings. The molecule has 112 valence electrons. The van der Waals surface area contributed by atoms with Gasteiger partial charge in [-0.2, -0.15) is 0 Å². The second-order valence-corrected chi connectivity index (χ2v) is 7.34. The van der Waals surface area contributed by atoms with E-state index in [1.54, 1.807) is 0 Å². The molecule has 0 fully saturated rings. The molecule has 0 aliphatic heterocycles. The van der Waals surface area contributed by atoms with E-state index in [1.807, 2.05) is 24.1 Å². The molecule has 0 unspecified atom stereocenters. The number of nitrogens with zero attached hydrogens (tertiary/aromatic N) is 1. The van der Waals surface area contributed by atoms with Crippen LogP contribution in [0.1, 0.15) is 57.0 Å². The Labute approximate surface area is 124 Å². The number of amides is 1. The molecule has 0 spiro atoms. The third kappa shape index (κ3) is 5.77. The second kappa shape index (κ2) is 6.92. The average molecular weight is 275 g/mol. The monoisotopic (exact) mass is 275 g/mol. The molecule has 2 nitrogen and oxygen atoms in total. The highest BCUT2D eigenvalue weighted by molar-refractivity contribution is 5.94. The second-order valence-electron chi connectivity index (χ2n) is 7.34. The molecule has 0 aliphatic rings. The summed E-state index contributed by atoms with van der Waals surface area (Å²) in [7, 11) is 1.88. The first-order valence-corrected chi connectivity index (χ1v) is 7.53. The molecule has 0 bridgehead atoms. The highest BCUT2D eigenvalue weighted by Gasteiger charge is 2.14. The molecular formula is C18H29NO. The molecule has 1 amide bonds. The van der Waals surface area contributed by atoms with Crippen LogP contribution in [0, 0.1) is 11.3 Å². The molecule has 1 aromatic carbocycles. The largest absolute Gasteiger partial charge is 0.342 e. The van der Waals surface area contributed by atoms with Crippen molar-refractivity contribution in [1.29, 1.82) is 0 Å². The van der Waals surface area contributed by atoms with Crippen molar-refractivity contribution in [1.82, 2.24) is 4.90 Å². The topological polar surface area (TPSA) is 20.3 Å². The quantitative estimate of drug-likeness (QED) is 0.780. The van der Waals surface area contributed by atoms with Gasteiger partial charge in [-0.1, -0.05) is 46.8 Å². The van der Waals surface area contributed by atoms with E-state index < -0.39 is 0 Å². The lowest BCUT2D eigenvalue weighted by Gasteiger charge is -2.20. The first-order chi connectivity index (χ1) is 9.19. The zero-order valence-electron chi connectivity index (χ0n) is 13.9. The lowest BCUT2D eigenvalue weighted by molar-refractivity contribution is 0.0789. The van der Waals surface area contributed by atoms with E-state index in [0.29, 0.717) is 5.92 Å². The molecule has 2 heteroatoms. The molecule has 0 heterocycles. The normalized spacial score (nSPS) is 11.8. The number of hydrogen-bond donors (Lipinski definition) is 0. The lowest BCUT2D eigenvalue weighted by Crippen LogP contribution is -2.28. The van der Waals surface area contributed by atoms with Gasteiger partial charge < -0.3 is 4.90 Å². The molecular weight excluding hydrogens is 246 g/mol. The number of benzene rings is 1. The van der Waals surface area contributed by atoms with Crippen LogP contribution >= 0.6 is 0 Å². The zero-order chi connectivity index (χ0) is 15.3. The summed E-state index contributed by atoms with van der Waals surface area (Å²) >= 11 is 0. The smallest absolute Gasteiger partial charge is 0.253 e. The Kier molecular flexibility index (Phi) is 5.79. The van der Waals surface area contributed by atoms with Crippen LogP contribution in [0.4, 0.5) is 0 Å². The molecule has 0 saturated carbocycles. The summed E-state index contributed by atoms with van der Waals surface area (Å²) in [5, 5.41) is 0. The number of hydrogen-bond acceptors (Lipinski definition) is 1. The summed E-state index contributed by atoms with van der Waals surface area (Å²) in [5.74, 6) is 0.743. The van der Waals surface area contributed by atoms with Gasteiger partial charge >= 0.3 is 0 Å². The standard InChI is InChI=1S/C18H29NO/c1-14(2)11-12-19(6)17(20)16-9-7-15(8-10-16)13-18(3,4)5/h7-10,14H,11-13H2,1-6H3. The maximum atomic E-state index is 12.3. The van der Waals surface area contributed by atoms with Crippen LogP contribution in [0.5, 0.6) is 0 Å². The molecule has 20 heavy (non-hydrogen) atoms. The summed E-state index contributed by atoms with van der Waals surface area (Å²) in [5.41, 5.74) is 2.35. The number of rotatable bonds is 5. The fourth-order valence-electron chi connectivity index (χ4n) is 2.15. The van der Waals surface area contributed by atoms with E-state index in [4.69, 9.17) is 0 Å². The van der Waals surface area contributed by atoms with Crippen molar-refractivity contribution in [2.45, 2.75) is 47.5 Å². The Hall–Kier alpha value is -1.31. The maximum absolute atomic E-state index is 12.3. The Morgan fingerprint density at radius 3 is 2.15 bits per heavy atom. The molecule has 0 radical (unpaired) electrons. The third-order valence-corrected chi connectivity index (χ3v) is 3.32. The van der Waals surface area contributed by atoms with Crippen molar-refractivity contribution in [3.05, 3.63) is 35.4 Å². The molecule has 0 aromatic heterocycles. The Balaban J connectivity index is 2.65. The minimum absolute atomic E-state index is 0.118. The van der Waals surface area contributed by atoms with Crippen molar-refractivity contribution in [2.75, 3.05) is 13.6 Å². The minimum Gasteiger partial charge on any atom is -0.342 e.